The second kappa shape index (κ2) is 15.1. The first kappa shape index (κ1) is 42.8. The third kappa shape index (κ3) is 5.96. The zero-order valence-electron chi connectivity index (χ0n) is 38.1. The van der Waals surface area contributed by atoms with Crippen molar-refractivity contribution in [2.75, 3.05) is 0 Å². The summed E-state index contributed by atoms with van der Waals surface area (Å²) in [5.41, 5.74) is 4.06. The predicted molar refractivity (Wildman–Crippen MR) is 274 cm³/mol. The van der Waals surface area contributed by atoms with Crippen molar-refractivity contribution < 1.29 is 26.3 Å². The van der Waals surface area contributed by atoms with Gasteiger partial charge in [0.25, 0.3) is 0 Å². The molecule has 346 valence electrons. The summed E-state index contributed by atoms with van der Waals surface area (Å²) >= 11 is 0. The van der Waals surface area contributed by atoms with E-state index >= 15 is 13.2 Å². The number of nitrogens with zero attached hydrogens (tertiary/aromatic N) is 6. The summed E-state index contributed by atoms with van der Waals surface area (Å²) in [6, 6.07) is 51.1. The molecule has 4 aromatic heterocycles. The van der Waals surface area contributed by atoms with Crippen LogP contribution >= 0.6 is 0 Å². The molecule has 0 aliphatic carbocycles. The molecule has 0 aliphatic heterocycles. The van der Waals surface area contributed by atoms with Crippen LogP contribution in [0.5, 0.6) is 0 Å². The lowest BCUT2D eigenvalue weighted by Crippen LogP contribution is -2.15. The van der Waals surface area contributed by atoms with E-state index in [1.165, 1.54) is 12.1 Å². The molecular formula is C60H34F6N6. The number of alkyl halides is 6. The van der Waals surface area contributed by atoms with Crippen LogP contribution < -0.4 is 0 Å². The van der Waals surface area contributed by atoms with Crippen LogP contribution in [0.25, 0.3) is 115 Å². The maximum atomic E-state index is 15.1. The molecule has 0 fully saturated rings. The molecule has 9 aromatic carbocycles. The topological polar surface area (TPSA) is 47.9 Å². The van der Waals surface area contributed by atoms with Gasteiger partial charge in [0.2, 0.25) is 5.69 Å². The predicted octanol–water partition coefficient (Wildman–Crippen LogP) is 17.2. The Labute approximate surface area is 405 Å². The van der Waals surface area contributed by atoms with Gasteiger partial charge in [-0.15, -0.1) is 0 Å². The lowest BCUT2D eigenvalue weighted by molar-refractivity contribution is -0.138. The highest BCUT2D eigenvalue weighted by Crippen LogP contribution is 2.52. The summed E-state index contributed by atoms with van der Waals surface area (Å²) < 4.78 is 97.3. The Kier molecular flexibility index (Phi) is 8.99. The average Bonchev–Trinajstić information content (AvgIpc) is 4.09. The molecule has 0 amide bonds. The maximum absolute atomic E-state index is 15.1. The van der Waals surface area contributed by atoms with Gasteiger partial charge >= 0.3 is 12.4 Å². The van der Waals surface area contributed by atoms with E-state index in [-0.39, 0.29) is 39.3 Å². The van der Waals surface area contributed by atoms with Crippen LogP contribution in [-0.4, -0.2) is 18.3 Å². The van der Waals surface area contributed by atoms with Crippen LogP contribution in [0.3, 0.4) is 0 Å². The van der Waals surface area contributed by atoms with E-state index in [1.807, 2.05) is 114 Å². The van der Waals surface area contributed by atoms with Crippen LogP contribution in [0.2, 0.25) is 0 Å². The number of aryl methyl sites for hydroxylation is 2. The first-order chi connectivity index (χ1) is 34.8. The minimum atomic E-state index is -4.77. The van der Waals surface area contributed by atoms with Gasteiger partial charge in [-0.05, 0) is 85.6 Å². The smallest absolute Gasteiger partial charge is 0.318 e. The van der Waals surface area contributed by atoms with Gasteiger partial charge < -0.3 is 18.3 Å². The first-order valence-electron chi connectivity index (χ1n) is 23.0. The molecule has 0 unspecified atom stereocenters. The Balaban J connectivity index is 1.40. The first-order valence-corrected chi connectivity index (χ1v) is 23.0. The normalized spacial score (nSPS) is 12.4. The van der Waals surface area contributed by atoms with Gasteiger partial charge in [-0.1, -0.05) is 109 Å². The Bertz CT molecular complexity index is 4600. The van der Waals surface area contributed by atoms with Crippen LogP contribution in [0, 0.1) is 31.8 Å². The number of benzene rings is 9. The van der Waals surface area contributed by atoms with Crippen molar-refractivity contribution in [3.05, 3.63) is 209 Å². The highest BCUT2D eigenvalue weighted by Gasteiger charge is 2.37. The maximum Gasteiger partial charge on any atom is 0.416 e. The number of nitriles is 1. The van der Waals surface area contributed by atoms with Crippen LogP contribution in [0.4, 0.5) is 32.0 Å². The van der Waals surface area contributed by atoms with Gasteiger partial charge in [-0.25, -0.2) is 4.85 Å². The van der Waals surface area contributed by atoms with Crippen molar-refractivity contribution in [1.82, 2.24) is 18.3 Å². The molecule has 0 atom stereocenters. The Morgan fingerprint density at radius 3 is 1.08 bits per heavy atom. The van der Waals surface area contributed by atoms with Gasteiger partial charge in [-0.2, -0.15) is 31.6 Å². The summed E-state index contributed by atoms with van der Waals surface area (Å²) in [5.74, 6) is 0. The Hall–Kier alpha value is -9.26. The van der Waals surface area contributed by atoms with E-state index in [0.29, 0.717) is 60.3 Å². The molecule has 0 saturated carbocycles. The van der Waals surface area contributed by atoms with Gasteiger partial charge in [0.05, 0.1) is 90.1 Å². The number of hydrogen-bond acceptors (Lipinski definition) is 1. The molecule has 4 heterocycles. The van der Waals surface area contributed by atoms with E-state index in [0.717, 1.165) is 56.9 Å². The summed E-state index contributed by atoms with van der Waals surface area (Å²) in [4.78, 5) is 4.42. The molecule has 13 rings (SSSR count). The highest BCUT2D eigenvalue weighted by molar-refractivity contribution is 6.17. The zero-order chi connectivity index (χ0) is 49.5. The largest absolute Gasteiger partial charge is 0.416 e. The fourth-order valence-electron chi connectivity index (χ4n) is 11.2. The summed E-state index contributed by atoms with van der Waals surface area (Å²) in [6.07, 6.45) is -9.55. The second-order valence-corrected chi connectivity index (χ2v) is 18.3. The molecule has 0 N–H and O–H groups in total. The third-order valence-electron chi connectivity index (χ3n) is 14.1. The van der Waals surface area contributed by atoms with E-state index in [1.54, 1.807) is 51.6 Å². The fraction of sp³-hybridized carbons (Fsp3) is 0.0667. The van der Waals surface area contributed by atoms with Crippen LogP contribution in [0.15, 0.2) is 170 Å². The highest BCUT2D eigenvalue weighted by atomic mass is 19.4. The quantitative estimate of drug-likeness (QED) is 0.128. The van der Waals surface area contributed by atoms with E-state index in [9.17, 15) is 25.0 Å². The monoisotopic (exact) mass is 952 g/mol. The molecule has 0 saturated heterocycles. The van der Waals surface area contributed by atoms with Crippen molar-refractivity contribution in [2.45, 2.75) is 26.2 Å². The number of hydrogen-bond donors (Lipinski definition) is 0. The number of fused-ring (bicyclic) bond motifs is 12. The SMILES string of the molecule is [C-]#[N+]c1c(-n2c3ccccc3c3ccc(C(F)(F)F)cc32)c(C#N)c(-n2c3ccccc3c3ccc(C(F)(F)F)cc32)c(-n2c3ccccc3c3ccc(C)cc32)c1-n1c2ccccc2c2ccc(C)cc21. The van der Waals surface area contributed by atoms with Crippen molar-refractivity contribution in [3.8, 4) is 28.8 Å². The minimum absolute atomic E-state index is 0.0415. The molecule has 72 heavy (non-hydrogen) atoms. The van der Waals surface area contributed by atoms with Crippen molar-refractivity contribution in [2.24, 2.45) is 0 Å². The average molecular weight is 953 g/mol. The lowest BCUT2D eigenvalue weighted by Gasteiger charge is -2.27. The Morgan fingerprint density at radius 2 is 0.708 bits per heavy atom. The van der Waals surface area contributed by atoms with Gasteiger partial charge in [0, 0.05) is 43.1 Å². The van der Waals surface area contributed by atoms with E-state index in [2.05, 4.69) is 10.9 Å². The van der Waals surface area contributed by atoms with Gasteiger partial charge in [-0.3, -0.25) is 0 Å². The Morgan fingerprint density at radius 1 is 0.389 bits per heavy atom. The van der Waals surface area contributed by atoms with Crippen LogP contribution in [-0.2, 0) is 12.4 Å². The molecule has 6 nitrogen and oxygen atoms in total. The van der Waals surface area contributed by atoms with E-state index in [4.69, 9.17) is 0 Å². The summed E-state index contributed by atoms with van der Waals surface area (Å²) in [5, 5.41) is 17.6. The molecule has 0 bridgehead atoms. The number of halogens is 6. The lowest BCUT2D eigenvalue weighted by atomic mass is 10.0. The molecule has 12 heteroatoms. The molecule has 0 aliphatic rings. The summed E-state index contributed by atoms with van der Waals surface area (Å²) in [6.45, 7) is 13.4. The van der Waals surface area contributed by atoms with Crippen molar-refractivity contribution in [3.63, 3.8) is 0 Å². The van der Waals surface area contributed by atoms with E-state index < -0.39 is 23.5 Å². The van der Waals surface area contributed by atoms with Gasteiger partial charge in [0.1, 0.15) is 6.07 Å². The number of aromatic nitrogens is 4. The van der Waals surface area contributed by atoms with Gasteiger partial charge in [0.15, 0.2) is 0 Å². The fourth-order valence-corrected chi connectivity index (χ4v) is 11.2. The van der Waals surface area contributed by atoms with Crippen molar-refractivity contribution >= 4 is 92.9 Å². The number of para-hydroxylation sites is 4. The molecule has 0 spiro atoms. The second-order valence-electron chi connectivity index (χ2n) is 18.3. The number of rotatable bonds is 4. The molecule has 0 radical (unpaired) electrons. The summed E-state index contributed by atoms with van der Waals surface area (Å²) in [7, 11) is 0. The third-order valence-corrected chi connectivity index (χ3v) is 14.1. The van der Waals surface area contributed by atoms with Crippen LogP contribution in [0.1, 0.15) is 27.8 Å². The minimum Gasteiger partial charge on any atom is -0.318 e. The molecule has 13 aromatic rings. The standard InChI is InChI=1S/C60H34F6N6/c1-33-20-24-41-37-12-6-10-18-48(37)71(50(41)28-33)57-54(68-3)55(69-46-16-8-4-14-39(46)43-26-22-35(30-52(43)69)59(61,62)63)45(32-67)56(58(57)72-49-19-11-7-13-38(49)42-25-21-34(2)29-51(42)72)70-47-17-9-5-15-40(47)44-27-23-36(31-53(44)70)60(64,65)66/h4-31H,1-2H3. The van der Waals surface area contributed by atoms with Crippen molar-refractivity contribution in [1.29, 1.82) is 5.26 Å². The zero-order valence-corrected chi connectivity index (χ0v) is 38.1. The molecular weight excluding hydrogens is 919 g/mol.